The normalized spacial score (nSPS) is 10.7. The van der Waals surface area contributed by atoms with Gasteiger partial charge < -0.3 is 20.1 Å². The van der Waals surface area contributed by atoms with E-state index in [4.69, 9.17) is 11.6 Å². The number of thiazole rings is 1. The molecular formula is C16H12ClN3O5S2. The molecule has 1 aromatic carbocycles. The number of benzene rings is 1. The number of aromatic amines is 1. The average molecular weight is 426 g/mol. The minimum absolute atomic E-state index is 0.00204. The summed E-state index contributed by atoms with van der Waals surface area (Å²) in [6.45, 7) is 0. The molecule has 2 aromatic heterocycles. The zero-order chi connectivity index (χ0) is 19.6. The summed E-state index contributed by atoms with van der Waals surface area (Å²) in [4.78, 5) is 42.1. The van der Waals surface area contributed by atoms with E-state index in [2.05, 4.69) is 20.0 Å². The number of carbonyl (C=O) groups excluding carboxylic acids is 2. The second-order valence-corrected chi connectivity index (χ2v) is 7.85. The standard InChI is InChI=1S/C16H12ClN3O5S2/c1-25-15(24)8-3-2-7(17)4-9(8)18-12(23)6-26-16-20-14-13(27-16)10(21)5-11(22)19-14/h2-5H,6H2,1H3,(H,18,23)(H2,19,21,22). The van der Waals surface area contributed by atoms with Crippen molar-refractivity contribution in [2.75, 3.05) is 18.2 Å². The van der Waals surface area contributed by atoms with Crippen LogP contribution in [0.3, 0.4) is 0 Å². The number of rotatable bonds is 5. The Labute approximate surface area is 165 Å². The second kappa shape index (κ2) is 7.99. The molecule has 0 aliphatic heterocycles. The van der Waals surface area contributed by atoms with Crippen molar-refractivity contribution in [3.63, 3.8) is 0 Å². The lowest BCUT2D eigenvalue weighted by atomic mass is 10.2. The number of hydrogen-bond donors (Lipinski definition) is 3. The molecule has 1 amide bonds. The van der Waals surface area contributed by atoms with E-state index >= 15 is 0 Å². The molecule has 27 heavy (non-hydrogen) atoms. The topological polar surface area (TPSA) is 121 Å². The van der Waals surface area contributed by atoms with E-state index in [1.807, 2.05) is 0 Å². The summed E-state index contributed by atoms with van der Waals surface area (Å²) in [5.74, 6) is -1.15. The van der Waals surface area contributed by atoms with Gasteiger partial charge in [-0.1, -0.05) is 23.4 Å². The Balaban J connectivity index is 1.72. The average Bonchev–Trinajstić information content (AvgIpc) is 3.03. The monoisotopic (exact) mass is 425 g/mol. The molecule has 0 saturated carbocycles. The third-order valence-corrected chi connectivity index (χ3v) is 5.79. The number of thioether (sulfide) groups is 1. The summed E-state index contributed by atoms with van der Waals surface area (Å²) in [5, 5.41) is 12.7. The third-order valence-electron chi connectivity index (χ3n) is 3.34. The summed E-state index contributed by atoms with van der Waals surface area (Å²) < 4.78 is 5.61. The molecule has 2 heterocycles. The summed E-state index contributed by atoms with van der Waals surface area (Å²) in [7, 11) is 1.24. The number of hydrogen-bond acceptors (Lipinski definition) is 8. The molecule has 0 bridgehead atoms. The lowest BCUT2D eigenvalue weighted by Crippen LogP contribution is -2.17. The number of pyridine rings is 1. The van der Waals surface area contributed by atoms with Gasteiger partial charge in [0.1, 0.15) is 10.4 Å². The Morgan fingerprint density at radius 3 is 2.93 bits per heavy atom. The van der Waals surface area contributed by atoms with Crippen LogP contribution in [-0.2, 0) is 9.53 Å². The molecule has 0 spiro atoms. The summed E-state index contributed by atoms with van der Waals surface area (Å²) >= 11 is 8.20. The van der Waals surface area contributed by atoms with E-state index in [1.165, 1.54) is 25.3 Å². The van der Waals surface area contributed by atoms with Crippen LogP contribution < -0.4 is 10.9 Å². The number of esters is 1. The Bertz CT molecular complexity index is 1100. The number of methoxy groups -OCH3 is 1. The molecule has 3 N–H and O–H groups in total. The van der Waals surface area contributed by atoms with Crippen LogP contribution in [0.1, 0.15) is 10.4 Å². The number of anilines is 1. The number of aromatic nitrogens is 2. The molecule has 0 atom stereocenters. The maximum atomic E-state index is 12.2. The minimum Gasteiger partial charge on any atom is -0.506 e. The van der Waals surface area contributed by atoms with Crippen molar-refractivity contribution >= 4 is 62.6 Å². The molecule has 0 radical (unpaired) electrons. The fourth-order valence-corrected chi connectivity index (χ4v) is 4.17. The quantitative estimate of drug-likeness (QED) is 0.424. The van der Waals surface area contributed by atoms with Crippen molar-refractivity contribution in [3.8, 4) is 5.75 Å². The highest BCUT2D eigenvalue weighted by Gasteiger charge is 2.16. The lowest BCUT2D eigenvalue weighted by molar-refractivity contribution is -0.113. The van der Waals surface area contributed by atoms with Gasteiger partial charge in [0.15, 0.2) is 9.99 Å². The first-order chi connectivity index (χ1) is 12.9. The van der Waals surface area contributed by atoms with Gasteiger partial charge in [-0.05, 0) is 18.2 Å². The maximum Gasteiger partial charge on any atom is 0.339 e. The molecule has 11 heteroatoms. The first-order valence-corrected chi connectivity index (χ1v) is 9.58. The fraction of sp³-hybridized carbons (Fsp3) is 0.125. The van der Waals surface area contributed by atoms with E-state index in [0.29, 0.717) is 14.1 Å². The highest BCUT2D eigenvalue weighted by molar-refractivity contribution is 8.01. The molecule has 140 valence electrons. The highest BCUT2D eigenvalue weighted by atomic mass is 35.5. The van der Waals surface area contributed by atoms with Gasteiger partial charge in [-0.3, -0.25) is 9.59 Å². The van der Waals surface area contributed by atoms with Crippen molar-refractivity contribution < 1.29 is 19.4 Å². The first-order valence-electron chi connectivity index (χ1n) is 7.40. The molecule has 3 rings (SSSR count). The van der Waals surface area contributed by atoms with E-state index in [1.54, 1.807) is 0 Å². The number of ether oxygens (including phenoxy) is 1. The largest absolute Gasteiger partial charge is 0.506 e. The Morgan fingerprint density at radius 2 is 2.19 bits per heavy atom. The van der Waals surface area contributed by atoms with Crippen molar-refractivity contribution in [3.05, 3.63) is 45.2 Å². The Morgan fingerprint density at radius 1 is 1.41 bits per heavy atom. The Hall–Kier alpha value is -2.56. The smallest absolute Gasteiger partial charge is 0.339 e. The number of nitrogens with one attached hydrogen (secondary N) is 2. The molecule has 0 aliphatic carbocycles. The van der Waals surface area contributed by atoms with Crippen molar-refractivity contribution in [2.45, 2.75) is 4.34 Å². The van der Waals surface area contributed by atoms with Gasteiger partial charge >= 0.3 is 5.97 Å². The number of fused-ring (bicyclic) bond motifs is 1. The Kier molecular flexibility index (Phi) is 5.68. The first kappa shape index (κ1) is 19.2. The number of carbonyl (C=O) groups is 2. The van der Waals surface area contributed by atoms with Gasteiger partial charge in [-0.15, -0.1) is 11.3 Å². The van der Waals surface area contributed by atoms with E-state index in [9.17, 15) is 19.5 Å². The second-order valence-electron chi connectivity index (χ2n) is 5.19. The molecule has 0 fully saturated rings. The van der Waals surface area contributed by atoms with Gasteiger partial charge in [0.05, 0.1) is 24.1 Å². The summed E-state index contributed by atoms with van der Waals surface area (Å²) in [6, 6.07) is 5.50. The number of H-pyrrole nitrogens is 1. The van der Waals surface area contributed by atoms with Crippen molar-refractivity contribution in [1.29, 1.82) is 0 Å². The maximum absolute atomic E-state index is 12.2. The van der Waals surface area contributed by atoms with Gasteiger partial charge in [0.25, 0.3) is 5.56 Å². The molecule has 3 aromatic rings. The van der Waals surface area contributed by atoms with Gasteiger partial charge in [-0.25, -0.2) is 9.78 Å². The number of amides is 1. The number of nitrogens with zero attached hydrogens (tertiary/aromatic N) is 1. The van der Waals surface area contributed by atoms with Crippen LogP contribution in [-0.4, -0.2) is 39.8 Å². The van der Waals surface area contributed by atoms with Crippen LogP contribution in [0.4, 0.5) is 5.69 Å². The zero-order valence-corrected chi connectivity index (χ0v) is 16.1. The van der Waals surface area contributed by atoms with Crippen LogP contribution in [0.5, 0.6) is 5.75 Å². The van der Waals surface area contributed by atoms with Crippen LogP contribution in [0.15, 0.2) is 33.4 Å². The zero-order valence-electron chi connectivity index (χ0n) is 13.7. The minimum atomic E-state index is -0.597. The van der Waals surface area contributed by atoms with Crippen LogP contribution in [0.2, 0.25) is 5.02 Å². The van der Waals surface area contributed by atoms with Crippen molar-refractivity contribution in [2.24, 2.45) is 0 Å². The van der Waals surface area contributed by atoms with Gasteiger partial charge in [0, 0.05) is 11.1 Å². The molecule has 8 nitrogen and oxygen atoms in total. The molecule has 0 saturated heterocycles. The third kappa shape index (κ3) is 4.41. The number of aromatic hydroxyl groups is 1. The predicted octanol–water partition coefficient (Wildman–Crippen LogP) is 2.86. The van der Waals surface area contributed by atoms with Crippen LogP contribution >= 0.6 is 34.7 Å². The summed E-state index contributed by atoms with van der Waals surface area (Å²) in [6.07, 6.45) is 0. The SMILES string of the molecule is COC(=O)c1ccc(Cl)cc1NC(=O)CSc1nc2[nH]c(=O)cc(O)c2s1. The molecule has 0 unspecified atom stereocenters. The van der Waals surface area contributed by atoms with E-state index in [0.717, 1.165) is 29.2 Å². The van der Waals surface area contributed by atoms with E-state index < -0.39 is 11.5 Å². The van der Waals surface area contributed by atoms with Crippen LogP contribution in [0, 0.1) is 0 Å². The highest BCUT2D eigenvalue weighted by Crippen LogP contribution is 2.33. The van der Waals surface area contributed by atoms with Crippen molar-refractivity contribution in [1.82, 2.24) is 9.97 Å². The van der Waals surface area contributed by atoms with Crippen LogP contribution in [0.25, 0.3) is 10.3 Å². The van der Waals surface area contributed by atoms with Gasteiger partial charge in [0.2, 0.25) is 5.91 Å². The predicted molar refractivity (Wildman–Crippen MR) is 104 cm³/mol. The van der Waals surface area contributed by atoms with Gasteiger partial charge in [-0.2, -0.15) is 0 Å². The summed E-state index contributed by atoms with van der Waals surface area (Å²) in [5.41, 5.74) is 0.223. The lowest BCUT2D eigenvalue weighted by Gasteiger charge is -2.09. The number of halogens is 1. The molecule has 0 aliphatic rings. The molecular weight excluding hydrogens is 414 g/mol. The van der Waals surface area contributed by atoms with E-state index in [-0.39, 0.29) is 34.3 Å². The fourth-order valence-electron chi connectivity index (χ4n) is 2.18.